The zero-order chi connectivity index (χ0) is 19.9. The lowest BCUT2D eigenvalue weighted by atomic mass is 9.79. The molecule has 7 N–H and O–H groups in total. The number of hydroxylamine groups is 1. The van der Waals surface area contributed by atoms with Crippen molar-refractivity contribution in [2.24, 2.45) is 17.4 Å². The largest absolute Gasteiger partial charge is 0.395 e. The summed E-state index contributed by atoms with van der Waals surface area (Å²) in [6.45, 7) is 4.89. The van der Waals surface area contributed by atoms with Gasteiger partial charge in [0.2, 0.25) is 5.91 Å². The third-order valence-corrected chi connectivity index (χ3v) is 3.61. The summed E-state index contributed by atoms with van der Waals surface area (Å²) < 4.78 is 0. The van der Waals surface area contributed by atoms with Gasteiger partial charge in [0.05, 0.1) is 12.5 Å². The molecule has 2 atom stereocenters. The summed E-state index contributed by atoms with van der Waals surface area (Å²) in [5.41, 5.74) is 12.8. The number of aliphatic hydroxyl groups excluding tert-OH is 1. The molecule has 0 heterocycles. The summed E-state index contributed by atoms with van der Waals surface area (Å²) in [5, 5.41) is 18.0. The van der Waals surface area contributed by atoms with E-state index in [9.17, 15) is 9.59 Å². The van der Waals surface area contributed by atoms with E-state index >= 15 is 0 Å². The molecule has 0 bridgehead atoms. The van der Waals surface area contributed by atoms with Gasteiger partial charge in [0.15, 0.2) is 0 Å². The van der Waals surface area contributed by atoms with E-state index in [0.717, 1.165) is 0 Å². The molecule has 1 aromatic rings. The van der Waals surface area contributed by atoms with Crippen LogP contribution in [0.15, 0.2) is 18.2 Å². The summed E-state index contributed by atoms with van der Waals surface area (Å²) in [7, 11) is 0. The molecular weight excluding hydrogens is 334 g/mol. The molecule has 26 heavy (non-hydrogen) atoms. The van der Waals surface area contributed by atoms with Crippen molar-refractivity contribution in [2.45, 2.75) is 32.2 Å². The van der Waals surface area contributed by atoms with Crippen molar-refractivity contribution >= 4 is 11.8 Å². The SMILES string of the molecule is CC(C#CC#Cc1ccc(C(N)=O)c([C@H](C(=O)NO)C(C)(C)N)c1)CO. The smallest absolute Gasteiger partial charge is 0.252 e. The first-order valence-electron chi connectivity index (χ1n) is 7.90. The Morgan fingerprint density at radius 2 is 1.96 bits per heavy atom. The average Bonchev–Trinajstić information content (AvgIpc) is 2.57. The van der Waals surface area contributed by atoms with Crippen LogP contribution in [0.4, 0.5) is 0 Å². The molecule has 0 saturated heterocycles. The van der Waals surface area contributed by atoms with Crippen LogP contribution in [0.1, 0.15) is 48.2 Å². The maximum atomic E-state index is 12.1. The number of nitrogens with one attached hydrogen (secondary N) is 1. The first kappa shape index (κ1) is 21.2. The molecule has 0 aliphatic rings. The van der Waals surface area contributed by atoms with Crippen molar-refractivity contribution in [3.63, 3.8) is 0 Å². The minimum atomic E-state index is -1.08. The van der Waals surface area contributed by atoms with E-state index in [2.05, 4.69) is 23.7 Å². The molecule has 7 nitrogen and oxygen atoms in total. The van der Waals surface area contributed by atoms with Gasteiger partial charge in [-0.3, -0.25) is 14.8 Å². The van der Waals surface area contributed by atoms with E-state index in [1.807, 2.05) is 0 Å². The Labute approximate surface area is 152 Å². The lowest BCUT2D eigenvalue weighted by Crippen LogP contribution is -2.47. The number of hydrogen-bond donors (Lipinski definition) is 5. The highest BCUT2D eigenvalue weighted by atomic mass is 16.5. The summed E-state index contributed by atoms with van der Waals surface area (Å²) in [6, 6.07) is 4.55. The fraction of sp³-hybridized carbons (Fsp3) is 0.368. The lowest BCUT2D eigenvalue weighted by molar-refractivity contribution is -0.132. The van der Waals surface area contributed by atoms with E-state index in [1.165, 1.54) is 12.1 Å². The van der Waals surface area contributed by atoms with Crippen LogP contribution < -0.4 is 16.9 Å². The van der Waals surface area contributed by atoms with Crippen molar-refractivity contribution in [1.82, 2.24) is 5.48 Å². The molecule has 1 aromatic carbocycles. The van der Waals surface area contributed by atoms with E-state index in [0.29, 0.717) is 5.56 Å². The van der Waals surface area contributed by atoms with Crippen molar-refractivity contribution < 1.29 is 19.9 Å². The van der Waals surface area contributed by atoms with Gasteiger partial charge in [-0.25, -0.2) is 5.48 Å². The highest BCUT2D eigenvalue weighted by Gasteiger charge is 2.35. The van der Waals surface area contributed by atoms with Crippen LogP contribution in [0.25, 0.3) is 0 Å². The molecule has 0 spiro atoms. The second-order valence-electron chi connectivity index (χ2n) is 6.50. The average molecular weight is 357 g/mol. The molecule has 1 unspecified atom stereocenters. The number of nitrogens with two attached hydrogens (primary N) is 2. The molecule has 0 aromatic heterocycles. The number of carbonyl (C=O) groups excluding carboxylic acids is 2. The first-order chi connectivity index (χ1) is 12.1. The predicted molar refractivity (Wildman–Crippen MR) is 96.8 cm³/mol. The topological polar surface area (TPSA) is 139 Å². The molecule has 0 fully saturated rings. The Bertz CT molecular complexity index is 804. The van der Waals surface area contributed by atoms with Crippen LogP contribution in [-0.2, 0) is 4.79 Å². The first-order valence-corrected chi connectivity index (χ1v) is 7.90. The normalized spacial score (nSPS) is 12.7. The third-order valence-electron chi connectivity index (χ3n) is 3.61. The quantitative estimate of drug-likeness (QED) is 0.289. The van der Waals surface area contributed by atoms with Gasteiger partial charge in [-0.2, -0.15) is 0 Å². The van der Waals surface area contributed by atoms with Crippen LogP contribution in [0, 0.1) is 29.6 Å². The fourth-order valence-corrected chi connectivity index (χ4v) is 2.36. The third kappa shape index (κ3) is 5.61. The Morgan fingerprint density at radius 1 is 1.31 bits per heavy atom. The number of carbonyl (C=O) groups is 2. The summed E-state index contributed by atoms with van der Waals surface area (Å²) in [6.07, 6.45) is 0. The predicted octanol–water partition coefficient (Wildman–Crippen LogP) is 0.0951. The van der Waals surface area contributed by atoms with E-state index in [1.54, 1.807) is 32.3 Å². The van der Waals surface area contributed by atoms with Crippen LogP contribution in [0.3, 0.4) is 0 Å². The summed E-state index contributed by atoms with van der Waals surface area (Å²) in [4.78, 5) is 23.9. The number of aliphatic hydroxyl groups is 1. The zero-order valence-electron chi connectivity index (χ0n) is 15.0. The van der Waals surface area contributed by atoms with Gasteiger partial charge in [-0.05, 0) is 56.4 Å². The highest BCUT2D eigenvalue weighted by molar-refractivity contribution is 5.97. The van der Waals surface area contributed by atoms with Crippen LogP contribution in [-0.4, -0.2) is 34.3 Å². The van der Waals surface area contributed by atoms with Gasteiger partial charge in [0.1, 0.15) is 0 Å². The molecular formula is C19H23N3O4. The van der Waals surface area contributed by atoms with Crippen molar-refractivity contribution in [1.29, 1.82) is 0 Å². The van der Waals surface area contributed by atoms with Gasteiger partial charge >= 0.3 is 0 Å². The number of rotatable bonds is 5. The Hall–Kier alpha value is -2.84. The number of hydrogen-bond acceptors (Lipinski definition) is 5. The van der Waals surface area contributed by atoms with Gasteiger partial charge in [0.25, 0.3) is 5.91 Å². The standard InChI is InChI=1S/C19H23N3O4/c1-12(11-23)6-4-5-7-13-8-9-14(17(20)24)15(10-13)16(18(25)22-26)19(2,3)21/h8-10,12,16,23,26H,11,21H2,1-3H3,(H2,20,24)(H,22,25)/t12?,16-/m1/s1. The highest BCUT2D eigenvalue weighted by Crippen LogP contribution is 2.30. The molecule has 138 valence electrons. The minimum Gasteiger partial charge on any atom is -0.395 e. The van der Waals surface area contributed by atoms with E-state index in [-0.39, 0.29) is 23.7 Å². The molecule has 0 aliphatic heterocycles. The molecule has 0 aliphatic carbocycles. The zero-order valence-corrected chi connectivity index (χ0v) is 15.0. The maximum absolute atomic E-state index is 12.1. The Morgan fingerprint density at radius 3 is 2.46 bits per heavy atom. The molecule has 1 rings (SSSR count). The van der Waals surface area contributed by atoms with Crippen LogP contribution >= 0.6 is 0 Å². The molecule has 2 amide bonds. The Kier molecular flexibility index (Phi) is 7.36. The molecule has 0 radical (unpaired) electrons. The summed E-state index contributed by atoms with van der Waals surface area (Å²) in [5.74, 6) is 8.12. The van der Waals surface area contributed by atoms with E-state index < -0.39 is 23.3 Å². The van der Waals surface area contributed by atoms with Gasteiger partial charge < -0.3 is 16.6 Å². The van der Waals surface area contributed by atoms with E-state index in [4.69, 9.17) is 21.8 Å². The van der Waals surface area contributed by atoms with Crippen LogP contribution in [0.2, 0.25) is 0 Å². The number of amides is 2. The summed E-state index contributed by atoms with van der Waals surface area (Å²) >= 11 is 0. The van der Waals surface area contributed by atoms with Crippen molar-refractivity contribution in [2.75, 3.05) is 6.61 Å². The van der Waals surface area contributed by atoms with Crippen LogP contribution in [0.5, 0.6) is 0 Å². The Balaban J connectivity index is 3.44. The van der Waals surface area contributed by atoms with Crippen molar-refractivity contribution in [3.05, 3.63) is 34.9 Å². The lowest BCUT2D eigenvalue weighted by Gasteiger charge is -2.30. The van der Waals surface area contributed by atoms with Gasteiger partial charge in [-0.15, -0.1) is 0 Å². The van der Waals surface area contributed by atoms with Gasteiger partial charge in [0, 0.05) is 22.6 Å². The minimum absolute atomic E-state index is 0.0599. The maximum Gasteiger partial charge on any atom is 0.252 e. The van der Waals surface area contributed by atoms with Gasteiger partial charge in [-0.1, -0.05) is 11.8 Å². The second kappa shape index (κ2) is 9.02. The second-order valence-corrected chi connectivity index (χ2v) is 6.50. The molecule has 7 heteroatoms. The number of primary amides is 1. The van der Waals surface area contributed by atoms with Crippen molar-refractivity contribution in [3.8, 4) is 23.7 Å². The fourth-order valence-electron chi connectivity index (χ4n) is 2.36. The molecule has 0 saturated carbocycles. The monoisotopic (exact) mass is 357 g/mol. The number of benzene rings is 1.